The molecule has 0 aromatic heterocycles. The van der Waals surface area contributed by atoms with Gasteiger partial charge < -0.3 is 4.43 Å². The third-order valence-electron chi connectivity index (χ3n) is 8.50. The summed E-state index contributed by atoms with van der Waals surface area (Å²) in [6.45, 7) is 19.3. The van der Waals surface area contributed by atoms with E-state index in [9.17, 15) is 0 Å². The zero-order chi connectivity index (χ0) is 23.7. The number of rotatable bonds is 12. The molecular formula is C29H55NOSi. The van der Waals surface area contributed by atoms with Crippen molar-refractivity contribution >= 4 is 8.32 Å². The molecule has 0 bridgehead atoms. The van der Waals surface area contributed by atoms with Gasteiger partial charge in [-0.3, -0.25) is 4.90 Å². The summed E-state index contributed by atoms with van der Waals surface area (Å²) in [5, 5.41) is 0. The van der Waals surface area contributed by atoms with Crippen molar-refractivity contribution in [3.05, 3.63) is 24.3 Å². The number of fused-ring (bicyclic) bond motifs is 1. The van der Waals surface area contributed by atoms with Gasteiger partial charge in [-0.1, -0.05) is 98.5 Å². The Labute approximate surface area is 202 Å². The topological polar surface area (TPSA) is 12.5 Å². The van der Waals surface area contributed by atoms with E-state index in [4.69, 9.17) is 4.43 Å². The van der Waals surface area contributed by atoms with E-state index in [2.05, 4.69) is 84.6 Å². The molecule has 2 rings (SSSR count). The molecule has 0 spiro atoms. The number of hydrogen-bond acceptors (Lipinski definition) is 2. The zero-order valence-electron chi connectivity index (χ0n) is 22.8. The first-order chi connectivity index (χ1) is 15.3. The fourth-order valence-corrected chi connectivity index (χ4v) is 12.6. The van der Waals surface area contributed by atoms with Crippen LogP contribution in [0.4, 0.5) is 0 Å². The van der Waals surface area contributed by atoms with Crippen LogP contribution in [-0.4, -0.2) is 37.4 Å². The minimum absolute atomic E-state index is 0.397. The molecular weight excluding hydrogens is 406 g/mol. The van der Waals surface area contributed by atoms with Gasteiger partial charge in [0.05, 0.1) is 6.10 Å². The summed E-state index contributed by atoms with van der Waals surface area (Å²) in [6.07, 6.45) is 23.1. The van der Waals surface area contributed by atoms with Crippen molar-refractivity contribution in [2.24, 2.45) is 0 Å². The Bertz CT molecular complexity index is 560. The molecule has 4 atom stereocenters. The Morgan fingerprint density at radius 2 is 1.56 bits per heavy atom. The van der Waals surface area contributed by atoms with Gasteiger partial charge in [0, 0.05) is 18.1 Å². The van der Waals surface area contributed by atoms with E-state index in [0.717, 1.165) is 6.04 Å². The maximum Gasteiger partial charge on any atom is 0.200 e. The molecule has 0 N–H and O–H groups in total. The first-order valence-corrected chi connectivity index (χ1v) is 16.2. The summed E-state index contributed by atoms with van der Waals surface area (Å²) in [6, 6.07) is 1.84. The lowest BCUT2D eigenvalue weighted by atomic mass is 9.84. The van der Waals surface area contributed by atoms with Crippen molar-refractivity contribution in [3.63, 3.8) is 0 Å². The summed E-state index contributed by atoms with van der Waals surface area (Å²) < 4.78 is 7.32. The van der Waals surface area contributed by atoms with E-state index in [-0.39, 0.29) is 0 Å². The molecule has 0 aromatic carbocycles. The van der Waals surface area contributed by atoms with Crippen LogP contribution >= 0.6 is 0 Å². The minimum Gasteiger partial charge on any atom is -0.412 e. The minimum atomic E-state index is -1.84. The Morgan fingerprint density at radius 1 is 0.875 bits per heavy atom. The second-order valence-electron chi connectivity index (χ2n) is 11.6. The third kappa shape index (κ3) is 6.82. The average molecular weight is 462 g/mol. The molecule has 2 nitrogen and oxygen atoms in total. The van der Waals surface area contributed by atoms with Crippen molar-refractivity contribution in [2.75, 3.05) is 0 Å². The van der Waals surface area contributed by atoms with E-state index < -0.39 is 8.32 Å². The van der Waals surface area contributed by atoms with E-state index in [1.165, 1.54) is 64.2 Å². The lowest BCUT2D eigenvalue weighted by Crippen LogP contribution is -2.61. The highest BCUT2D eigenvalue weighted by atomic mass is 28.4. The van der Waals surface area contributed by atoms with Crippen LogP contribution in [-0.2, 0) is 4.43 Å². The number of nitrogens with zero attached hydrogens (tertiary/aromatic N) is 1. The summed E-state index contributed by atoms with van der Waals surface area (Å²) >= 11 is 0. The van der Waals surface area contributed by atoms with E-state index in [0.29, 0.717) is 34.8 Å². The van der Waals surface area contributed by atoms with Crippen LogP contribution in [0.5, 0.6) is 0 Å². The van der Waals surface area contributed by atoms with Gasteiger partial charge in [0.2, 0.25) is 8.32 Å². The summed E-state index contributed by atoms with van der Waals surface area (Å²) in [5.74, 6) is 0. The van der Waals surface area contributed by atoms with Crippen LogP contribution in [0, 0.1) is 0 Å². The first-order valence-electron chi connectivity index (χ1n) is 14.0. The lowest BCUT2D eigenvalue weighted by Gasteiger charge is -2.54. The van der Waals surface area contributed by atoms with E-state index >= 15 is 0 Å². The maximum absolute atomic E-state index is 7.32. The Balaban J connectivity index is 2.06. The molecule has 2 heterocycles. The molecule has 3 heteroatoms. The zero-order valence-corrected chi connectivity index (χ0v) is 23.8. The van der Waals surface area contributed by atoms with Gasteiger partial charge in [0.15, 0.2) is 0 Å². The normalized spacial score (nSPS) is 28.0. The number of allylic oxidation sites excluding steroid dienone is 3. The van der Waals surface area contributed by atoms with Crippen molar-refractivity contribution < 1.29 is 4.43 Å². The Kier molecular flexibility index (Phi) is 11.7. The van der Waals surface area contributed by atoms with Gasteiger partial charge in [0.1, 0.15) is 0 Å². The number of unbranched alkanes of at least 4 members (excludes halogenated alkanes) is 4. The molecule has 2 aliphatic heterocycles. The highest BCUT2D eigenvalue weighted by Gasteiger charge is 2.49. The first kappa shape index (κ1) is 27.9. The van der Waals surface area contributed by atoms with E-state index in [1.54, 1.807) is 0 Å². The molecule has 0 aliphatic carbocycles. The SMILES string of the molecule is CCCCCC/C=C\C=C\[C@@H]1CCC[C@H]2CC[C@@H](O[Si](C(C)C)(C(C)C)C(C)C)[C@H](C)N21. The average Bonchev–Trinajstić information content (AvgIpc) is 2.74. The van der Waals surface area contributed by atoms with Gasteiger partial charge in [0.25, 0.3) is 0 Å². The lowest BCUT2D eigenvalue weighted by molar-refractivity contribution is -0.0418. The molecule has 186 valence electrons. The van der Waals surface area contributed by atoms with Gasteiger partial charge in [-0.05, 0) is 62.1 Å². The van der Waals surface area contributed by atoms with Gasteiger partial charge in [-0.15, -0.1) is 0 Å². The molecule has 0 saturated carbocycles. The molecule has 2 aliphatic rings. The van der Waals surface area contributed by atoms with Crippen molar-refractivity contribution in [3.8, 4) is 0 Å². The van der Waals surface area contributed by atoms with Crippen LogP contribution in [0.2, 0.25) is 16.6 Å². The molecule has 0 amide bonds. The quantitative estimate of drug-likeness (QED) is 0.163. The van der Waals surface area contributed by atoms with Crippen molar-refractivity contribution in [2.45, 2.75) is 160 Å². The maximum atomic E-state index is 7.32. The second kappa shape index (κ2) is 13.5. The monoisotopic (exact) mass is 461 g/mol. The molecule has 2 fully saturated rings. The van der Waals surface area contributed by atoms with Crippen LogP contribution in [0.25, 0.3) is 0 Å². The highest BCUT2D eigenvalue weighted by Crippen LogP contribution is 2.45. The van der Waals surface area contributed by atoms with Gasteiger partial charge in [-0.2, -0.15) is 0 Å². The van der Waals surface area contributed by atoms with Crippen LogP contribution in [0.15, 0.2) is 24.3 Å². The molecule has 32 heavy (non-hydrogen) atoms. The fourth-order valence-electron chi connectivity index (χ4n) is 6.93. The van der Waals surface area contributed by atoms with Crippen LogP contribution in [0.3, 0.4) is 0 Å². The smallest absolute Gasteiger partial charge is 0.200 e. The predicted octanol–water partition coefficient (Wildman–Crippen LogP) is 9.04. The highest BCUT2D eigenvalue weighted by molar-refractivity contribution is 6.77. The largest absolute Gasteiger partial charge is 0.412 e. The Morgan fingerprint density at radius 3 is 2.19 bits per heavy atom. The fraction of sp³-hybridized carbons (Fsp3) is 0.862. The van der Waals surface area contributed by atoms with Crippen molar-refractivity contribution in [1.29, 1.82) is 0 Å². The molecule has 0 unspecified atom stereocenters. The summed E-state index contributed by atoms with van der Waals surface area (Å²) in [5.41, 5.74) is 1.98. The van der Waals surface area contributed by atoms with E-state index in [1.807, 2.05) is 0 Å². The van der Waals surface area contributed by atoms with Crippen molar-refractivity contribution in [1.82, 2.24) is 4.90 Å². The summed E-state index contributed by atoms with van der Waals surface area (Å²) in [4.78, 5) is 2.85. The second-order valence-corrected chi connectivity index (χ2v) is 17.0. The standard InChI is InChI=1S/C29H55NOSi/c1-9-10-11-12-13-14-15-16-18-27-19-17-20-28-21-22-29(26(8)30(27)28)31-32(23(2)3,24(4)5)25(6)7/h14-16,18,23-29H,9-13,17,19-22H2,1-8H3/b15-14-,18-16+/t26-,27+,28-,29+/m0/s1. The molecule has 0 radical (unpaired) electrons. The number of hydrogen-bond donors (Lipinski definition) is 0. The Hall–Kier alpha value is -0.383. The summed E-state index contributed by atoms with van der Waals surface area (Å²) in [7, 11) is -1.84. The molecule has 0 aromatic rings. The van der Waals surface area contributed by atoms with Crippen LogP contribution in [0.1, 0.15) is 120 Å². The molecule has 2 saturated heterocycles. The number of piperidine rings is 2. The predicted molar refractivity (Wildman–Crippen MR) is 145 cm³/mol. The van der Waals surface area contributed by atoms with Gasteiger partial charge in [-0.25, -0.2) is 0 Å². The van der Waals surface area contributed by atoms with Crippen LogP contribution < -0.4 is 0 Å². The third-order valence-corrected chi connectivity index (χ3v) is 14.6. The van der Waals surface area contributed by atoms with Gasteiger partial charge >= 0.3 is 0 Å².